The molecule has 6 heteroatoms. The number of aromatic nitrogens is 2. The van der Waals surface area contributed by atoms with Crippen LogP contribution in [-0.4, -0.2) is 9.97 Å². The molecule has 1 aromatic carbocycles. The van der Waals surface area contributed by atoms with E-state index in [-0.39, 0.29) is 9.99 Å². The second-order valence-electron chi connectivity index (χ2n) is 3.14. The van der Waals surface area contributed by atoms with Crippen LogP contribution in [0.25, 0.3) is 11.0 Å². The molecule has 0 atom stereocenters. The summed E-state index contributed by atoms with van der Waals surface area (Å²) in [4.78, 5) is 6.60. The first kappa shape index (κ1) is 10.5. The van der Waals surface area contributed by atoms with Gasteiger partial charge in [-0.05, 0) is 19.1 Å². The molecule has 0 spiro atoms. The molecule has 1 heterocycles. The van der Waals surface area contributed by atoms with Crippen molar-refractivity contribution in [1.29, 1.82) is 0 Å². The lowest BCUT2D eigenvalue weighted by Gasteiger charge is -2.08. The van der Waals surface area contributed by atoms with Gasteiger partial charge in [-0.1, -0.05) is 15.9 Å². The molecule has 0 aliphatic carbocycles. The third-order valence-corrected chi connectivity index (χ3v) is 2.67. The summed E-state index contributed by atoms with van der Waals surface area (Å²) >= 11 is 2.89. The van der Waals surface area contributed by atoms with E-state index in [0.717, 1.165) is 0 Å². The van der Waals surface area contributed by atoms with E-state index in [1.54, 1.807) is 13.0 Å². The predicted octanol–water partition coefficient (Wildman–Crippen LogP) is 3.65. The molecule has 0 amide bonds. The van der Waals surface area contributed by atoms with Crippen molar-refractivity contribution in [3.63, 3.8) is 0 Å². The van der Waals surface area contributed by atoms with Crippen LogP contribution in [0.3, 0.4) is 0 Å². The van der Waals surface area contributed by atoms with Gasteiger partial charge in [-0.25, -0.2) is 4.98 Å². The SMILES string of the molecule is Cc1nc2c(C(F)(F)F)c(Br)ccc2[nH]1. The smallest absolute Gasteiger partial charge is 0.342 e. The summed E-state index contributed by atoms with van der Waals surface area (Å²) in [5.41, 5.74) is -0.387. The lowest BCUT2D eigenvalue weighted by molar-refractivity contribution is -0.137. The van der Waals surface area contributed by atoms with Crippen LogP contribution < -0.4 is 0 Å². The minimum atomic E-state index is -4.40. The molecular formula is C9H6BrF3N2. The van der Waals surface area contributed by atoms with E-state index in [4.69, 9.17) is 0 Å². The van der Waals surface area contributed by atoms with Crippen LogP contribution in [0.1, 0.15) is 11.4 Å². The predicted molar refractivity (Wildman–Crippen MR) is 53.5 cm³/mol. The molecule has 0 bridgehead atoms. The molecule has 0 aliphatic rings. The van der Waals surface area contributed by atoms with Crippen molar-refractivity contribution in [2.24, 2.45) is 0 Å². The van der Waals surface area contributed by atoms with Gasteiger partial charge in [0.1, 0.15) is 11.3 Å². The van der Waals surface area contributed by atoms with Crippen molar-refractivity contribution < 1.29 is 13.2 Å². The Balaban J connectivity index is 2.85. The fourth-order valence-corrected chi connectivity index (χ4v) is 1.99. The number of rotatable bonds is 0. The lowest BCUT2D eigenvalue weighted by atomic mass is 10.2. The van der Waals surface area contributed by atoms with E-state index in [2.05, 4.69) is 25.9 Å². The van der Waals surface area contributed by atoms with E-state index in [9.17, 15) is 13.2 Å². The van der Waals surface area contributed by atoms with E-state index in [1.807, 2.05) is 0 Å². The number of imidazole rings is 1. The molecule has 2 nitrogen and oxygen atoms in total. The Morgan fingerprint density at radius 3 is 2.60 bits per heavy atom. The Kier molecular flexibility index (Phi) is 2.26. The van der Waals surface area contributed by atoms with E-state index >= 15 is 0 Å². The number of aromatic amines is 1. The van der Waals surface area contributed by atoms with Crippen molar-refractivity contribution in [2.75, 3.05) is 0 Å². The fraction of sp³-hybridized carbons (Fsp3) is 0.222. The highest BCUT2D eigenvalue weighted by Gasteiger charge is 2.36. The van der Waals surface area contributed by atoms with Gasteiger partial charge in [0.2, 0.25) is 0 Å². The van der Waals surface area contributed by atoms with Crippen LogP contribution in [0.15, 0.2) is 16.6 Å². The van der Waals surface area contributed by atoms with Crippen LogP contribution in [0.4, 0.5) is 13.2 Å². The van der Waals surface area contributed by atoms with Gasteiger partial charge < -0.3 is 4.98 Å². The average Bonchev–Trinajstić information content (AvgIpc) is 2.41. The number of nitrogens with zero attached hydrogens (tertiary/aromatic N) is 1. The van der Waals surface area contributed by atoms with Gasteiger partial charge >= 0.3 is 6.18 Å². The van der Waals surface area contributed by atoms with Crippen LogP contribution in [-0.2, 0) is 6.18 Å². The number of aryl methyl sites for hydroxylation is 1. The normalized spacial score (nSPS) is 12.3. The highest BCUT2D eigenvalue weighted by molar-refractivity contribution is 9.10. The van der Waals surface area contributed by atoms with Gasteiger partial charge in [0.25, 0.3) is 0 Å². The third-order valence-electron chi connectivity index (χ3n) is 2.01. The summed E-state index contributed by atoms with van der Waals surface area (Å²) < 4.78 is 38.1. The van der Waals surface area contributed by atoms with Crippen molar-refractivity contribution in [3.8, 4) is 0 Å². The van der Waals surface area contributed by atoms with Crippen LogP contribution in [0, 0.1) is 6.92 Å². The molecule has 2 aromatic rings. The summed E-state index contributed by atoms with van der Waals surface area (Å²) in [6.45, 7) is 1.62. The van der Waals surface area contributed by atoms with Crippen LogP contribution >= 0.6 is 15.9 Å². The zero-order valence-electron chi connectivity index (χ0n) is 7.61. The molecule has 0 radical (unpaired) electrons. The van der Waals surface area contributed by atoms with E-state index in [0.29, 0.717) is 11.3 Å². The number of hydrogen-bond acceptors (Lipinski definition) is 1. The monoisotopic (exact) mass is 278 g/mol. The minimum absolute atomic E-state index is 0.00833. The molecular weight excluding hydrogens is 273 g/mol. The molecule has 2 rings (SSSR count). The zero-order chi connectivity index (χ0) is 11.2. The fourth-order valence-electron chi connectivity index (χ4n) is 1.44. The number of fused-ring (bicyclic) bond motifs is 1. The third kappa shape index (κ3) is 1.73. The lowest BCUT2D eigenvalue weighted by Crippen LogP contribution is -2.07. The number of halogens is 4. The van der Waals surface area contributed by atoms with Gasteiger partial charge in [-0.15, -0.1) is 0 Å². The maximum absolute atomic E-state index is 12.7. The maximum Gasteiger partial charge on any atom is 0.419 e. The summed E-state index contributed by atoms with van der Waals surface area (Å²) in [5, 5.41) is 0. The molecule has 0 saturated carbocycles. The quantitative estimate of drug-likeness (QED) is 0.783. The van der Waals surface area contributed by atoms with Gasteiger partial charge in [0, 0.05) is 4.47 Å². The van der Waals surface area contributed by atoms with Gasteiger partial charge in [-0.3, -0.25) is 0 Å². The van der Waals surface area contributed by atoms with E-state index < -0.39 is 11.7 Å². The summed E-state index contributed by atoms with van der Waals surface area (Å²) in [6.07, 6.45) is -4.40. The standard InChI is InChI=1S/C9H6BrF3N2/c1-4-14-6-3-2-5(10)7(8(6)15-4)9(11,12)13/h2-3H,1H3,(H,14,15). The molecule has 1 N–H and O–H groups in total. The Morgan fingerprint density at radius 1 is 1.33 bits per heavy atom. The van der Waals surface area contributed by atoms with Crippen molar-refractivity contribution in [1.82, 2.24) is 9.97 Å². The molecule has 80 valence electrons. The molecule has 0 unspecified atom stereocenters. The average molecular weight is 279 g/mol. The molecule has 0 fully saturated rings. The highest BCUT2D eigenvalue weighted by Crippen LogP contribution is 2.38. The summed E-state index contributed by atoms with van der Waals surface area (Å²) in [6, 6.07) is 2.93. The second-order valence-corrected chi connectivity index (χ2v) is 3.99. The molecule has 15 heavy (non-hydrogen) atoms. The molecule has 0 aliphatic heterocycles. The first-order valence-corrected chi connectivity index (χ1v) is 4.91. The summed E-state index contributed by atoms with van der Waals surface area (Å²) in [5.74, 6) is 0.466. The van der Waals surface area contributed by atoms with Crippen molar-refractivity contribution >= 4 is 27.0 Å². The molecule has 0 saturated heterocycles. The second kappa shape index (κ2) is 3.23. The number of alkyl halides is 3. The zero-order valence-corrected chi connectivity index (χ0v) is 9.20. The van der Waals surface area contributed by atoms with Crippen LogP contribution in [0.2, 0.25) is 0 Å². The number of nitrogens with one attached hydrogen (secondary N) is 1. The number of hydrogen-bond donors (Lipinski definition) is 1. The van der Waals surface area contributed by atoms with Crippen molar-refractivity contribution in [2.45, 2.75) is 13.1 Å². The van der Waals surface area contributed by atoms with Gasteiger partial charge in [0.15, 0.2) is 0 Å². The van der Waals surface area contributed by atoms with Gasteiger partial charge in [0.05, 0.1) is 11.1 Å². The minimum Gasteiger partial charge on any atom is -0.342 e. The number of H-pyrrole nitrogens is 1. The first-order valence-electron chi connectivity index (χ1n) is 4.11. The maximum atomic E-state index is 12.7. The van der Waals surface area contributed by atoms with Gasteiger partial charge in [-0.2, -0.15) is 13.2 Å². The first-order chi connectivity index (χ1) is 6.89. The van der Waals surface area contributed by atoms with Crippen LogP contribution in [0.5, 0.6) is 0 Å². The number of benzene rings is 1. The molecule has 1 aromatic heterocycles. The Bertz CT molecular complexity index is 516. The van der Waals surface area contributed by atoms with Crippen molar-refractivity contribution in [3.05, 3.63) is 28.0 Å². The van der Waals surface area contributed by atoms with E-state index in [1.165, 1.54) is 6.07 Å². The largest absolute Gasteiger partial charge is 0.419 e. The Hall–Kier alpha value is -1.04. The Morgan fingerprint density at radius 2 is 2.00 bits per heavy atom. The Labute approximate surface area is 91.6 Å². The highest BCUT2D eigenvalue weighted by atomic mass is 79.9. The topological polar surface area (TPSA) is 28.7 Å². The summed E-state index contributed by atoms with van der Waals surface area (Å²) in [7, 11) is 0.